The highest BCUT2D eigenvalue weighted by Gasteiger charge is 2.16. The average Bonchev–Trinajstić information content (AvgIpc) is 3.01. The molecule has 0 amide bonds. The van der Waals surface area contributed by atoms with Gasteiger partial charge in [-0.3, -0.25) is 4.99 Å². The van der Waals surface area contributed by atoms with Gasteiger partial charge in [-0.25, -0.2) is 0 Å². The molecule has 0 saturated heterocycles. The molecule has 1 heterocycles. The molecule has 1 saturated carbocycles. The summed E-state index contributed by atoms with van der Waals surface area (Å²) in [4.78, 5) is 5.83. The number of hydrogen-bond acceptors (Lipinski definition) is 4. The Morgan fingerprint density at radius 2 is 2.00 bits per heavy atom. The van der Waals surface area contributed by atoms with Crippen LogP contribution in [0.1, 0.15) is 42.7 Å². The van der Waals surface area contributed by atoms with Crippen molar-refractivity contribution in [3.8, 4) is 0 Å². The number of nitrogens with zero attached hydrogens (tertiary/aromatic N) is 3. The Bertz CT molecular complexity index is 726. The Labute approximate surface area is 168 Å². The first kappa shape index (κ1) is 20.4. The second kappa shape index (κ2) is 9.72. The van der Waals surface area contributed by atoms with Crippen LogP contribution in [0, 0.1) is 12.8 Å². The Hall–Kier alpha value is -0.880. The van der Waals surface area contributed by atoms with Crippen LogP contribution in [0.25, 0.3) is 0 Å². The minimum absolute atomic E-state index is 0. The van der Waals surface area contributed by atoms with Crippen LogP contribution < -0.4 is 5.32 Å². The molecule has 136 valence electrons. The molecule has 1 aliphatic carbocycles. The second-order valence-corrected chi connectivity index (χ2v) is 7.70. The smallest absolute Gasteiger partial charge is 0.146 e. The molecule has 1 fully saturated rings. The van der Waals surface area contributed by atoms with Gasteiger partial charge in [0.05, 0.1) is 15.7 Å². The summed E-state index contributed by atoms with van der Waals surface area (Å²) in [6.07, 6.45) is 6.52. The Balaban J connectivity index is 0.00000225. The van der Waals surface area contributed by atoms with Crippen LogP contribution in [0.3, 0.4) is 0 Å². The number of rotatable bonds is 4. The van der Waals surface area contributed by atoms with Crippen molar-refractivity contribution in [3.05, 3.63) is 38.8 Å². The maximum Gasteiger partial charge on any atom is 0.146 e. The molecule has 2 aromatic rings. The van der Waals surface area contributed by atoms with Crippen LogP contribution in [0.2, 0.25) is 10.0 Å². The van der Waals surface area contributed by atoms with E-state index in [1.54, 1.807) is 6.07 Å². The van der Waals surface area contributed by atoms with Crippen LogP contribution in [0.5, 0.6) is 0 Å². The lowest BCUT2D eigenvalue weighted by Gasteiger charge is -2.20. The number of aromatic nitrogens is 2. The third kappa shape index (κ3) is 5.55. The summed E-state index contributed by atoms with van der Waals surface area (Å²) in [6.45, 7) is 2.78. The van der Waals surface area contributed by atoms with E-state index < -0.39 is 0 Å². The zero-order valence-electron chi connectivity index (χ0n) is 14.0. The molecular formula is C17H21Cl3N4S. The van der Waals surface area contributed by atoms with Crippen LogP contribution in [0.15, 0.2) is 23.2 Å². The van der Waals surface area contributed by atoms with E-state index in [-0.39, 0.29) is 12.4 Å². The lowest BCUT2D eigenvalue weighted by molar-refractivity contribution is 0.367. The molecule has 0 spiro atoms. The maximum atomic E-state index is 6.12. The summed E-state index contributed by atoms with van der Waals surface area (Å²) >= 11 is 13.5. The zero-order valence-corrected chi connectivity index (χ0v) is 17.1. The normalized spacial score (nSPS) is 15.7. The van der Waals surface area contributed by atoms with Gasteiger partial charge in [0.1, 0.15) is 10.7 Å². The van der Waals surface area contributed by atoms with Crippen molar-refractivity contribution >= 4 is 58.7 Å². The number of benzene rings is 1. The van der Waals surface area contributed by atoms with Gasteiger partial charge in [-0.2, -0.15) is 0 Å². The molecule has 1 aromatic carbocycles. The molecule has 0 atom stereocenters. The third-order valence-corrected chi connectivity index (χ3v) is 5.85. The summed E-state index contributed by atoms with van der Waals surface area (Å²) in [6, 6.07) is 5.49. The largest absolute Gasteiger partial charge is 0.339 e. The van der Waals surface area contributed by atoms with Crippen molar-refractivity contribution in [1.82, 2.24) is 9.59 Å². The first-order valence-electron chi connectivity index (χ1n) is 8.19. The minimum atomic E-state index is 0. The molecule has 0 radical (unpaired) electrons. The highest BCUT2D eigenvalue weighted by Crippen LogP contribution is 2.27. The number of halogens is 3. The van der Waals surface area contributed by atoms with Crippen molar-refractivity contribution in [2.45, 2.75) is 39.0 Å². The summed E-state index contributed by atoms with van der Waals surface area (Å²) < 4.78 is 4.03. The van der Waals surface area contributed by atoms with E-state index in [1.807, 2.05) is 19.1 Å². The maximum absolute atomic E-state index is 6.12. The lowest BCUT2D eigenvalue weighted by Crippen LogP contribution is -2.17. The summed E-state index contributed by atoms with van der Waals surface area (Å²) in [7, 11) is 0. The molecular weight excluding hydrogens is 399 g/mol. The second-order valence-electron chi connectivity index (χ2n) is 6.13. The number of amidine groups is 1. The van der Waals surface area contributed by atoms with E-state index in [0.29, 0.717) is 16.0 Å². The van der Waals surface area contributed by atoms with Gasteiger partial charge in [0.15, 0.2) is 0 Å². The number of aryl methyl sites for hydroxylation is 1. The fourth-order valence-electron chi connectivity index (χ4n) is 2.92. The van der Waals surface area contributed by atoms with Gasteiger partial charge >= 0.3 is 0 Å². The first-order chi connectivity index (χ1) is 11.6. The first-order valence-corrected chi connectivity index (χ1v) is 9.72. The number of nitrogens with one attached hydrogen (secondary N) is 1. The van der Waals surface area contributed by atoms with E-state index >= 15 is 0 Å². The van der Waals surface area contributed by atoms with Gasteiger partial charge in [-0.1, -0.05) is 47.0 Å². The van der Waals surface area contributed by atoms with Crippen LogP contribution in [-0.4, -0.2) is 22.0 Å². The topological polar surface area (TPSA) is 50.2 Å². The fourth-order valence-corrected chi connectivity index (χ4v) is 3.84. The zero-order chi connectivity index (χ0) is 16.9. The van der Waals surface area contributed by atoms with Gasteiger partial charge in [0.25, 0.3) is 0 Å². The molecule has 8 heteroatoms. The average molecular weight is 420 g/mol. The van der Waals surface area contributed by atoms with Crippen LogP contribution in [-0.2, 0) is 0 Å². The molecule has 1 N–H and O–H groups in total. The quantitative estimate of drug-likeness (QED) is 0.487. The molecule has 0 bridgehead atoms. The summed E-state index contributed by atoms with van der Waals surface area (Å²) in [5, 5.41) is 8.53. The highest BCUT2D eigenvalue weighted by molar-refractivity contribution is 7.08. The van der Waals surface area contributed by atoms with E-state index in [1.165, 1.54) is 43.6 Å². The number of hydrogen-bond donors (Lipinski definition) is 1. The fraction of sp³-hybridized carbons (Fsp3) is 0.471. The molecule has 1 aliphatic rings. The van der Waals surface area contributed by atoms with Gasteiger partial charge < -0.3 is 5.32 Å². The van der Waals surface area contributed by atoms with Crippen molar-refractivity contribution in [3.63, 3.8) is 0 Å². The number of anilines is 1. The molecule has 3 rings (SSSR count). The standard InChI is InChI=1S/C17H20Cl2N4S.ClH/c1-11-16(24-23-22-11)17(20-10-12-5-3-2-4-6-12)21-13-7-8-14(18)15(19)9-13;/h7-9,12H,2-6,10H2,1H3,(H,20,21);1H. The van der Waals surface area contributed by atoms with Gasteiger partial charge in [-0.15, -0.1) is 17.5 Å². The summed E-state index contributed by atoms with van der Waals surface area (Å²) in [5.74, 6) is 1.48. The van der Waals surface area contributed by atoms with E-state index in [2.05, 4.69) is 14.9 Å². The van der Waals surface area contributed by atoms with Gasteiger partial charge in [0, 0.05) is 12.2 Å². The van der Waals surface area contributed by atoms with Crippen LogP contribution in [0.4, 0.5) is 5.69 Å². The number of aliphatic imine (C=N–C) groups is 1. The van der Waals surface area contributed by atoms with E-state index in [9.17, 15) is 0 Å². The summed E-state index contributed by atoms with van der Waals surface area (Å²) in [5.41, 5.74) is 1.74. The molecule has 4 nitrogen and oxygen atoms in total. The van der Waals surface area contributed by atoms with Crippen molar-refractivity contribution in [1.29, 1.82) is 0 Å². The van der Waals surface area contributed by atoms with Crippen molar-refractivity contribution < 1.29 is 0 Å². The third-order valence-electron chi connectivity index (χ3n) is 4.28. The van der Waals surface area contributed by atoms with Crippen LogP contribution >= 0.6 is 47.1 Å². The van der Waals surface area contributed by atoms with Gasteiger partial charge in [0.2, 0.25) is 0 Å². The minimum Gasteiger partial charge on any atom is -0.339 e. The monoisotopic (exact) mass is 418 g/mol. The van der Waals surface area contributed by atoms with E-state index in [0.717, 1.165) is 28.6 Å². The Morgan fingerprint density at radius 3 is 2.64 bits per heavy atom. The Morgan fingerprint density at radius 1 is 1.24 bits per heavy atom. The predicted octanol–water partition coefficient (Wildman–Crippen LogP) is 6.01. The molecule has 0 unspecified atom stereocenters. The molecule has 1 aromatic heterocycles. The SMILES string of the molecule is Cc1nnsc1C(=NCC1CCCCC1)Nc1ccc(Cl)c(Cl)c1.Cl. The molecule has 0 aliphatic heterocycles. The predicted molar refractivity (Wildman–Crippen MR) is 110 cm³/mol. The van der Waals surface area contributed by atoms with Crippen molar-refractivity contribution in [2.24, 2.45) is 10.9 Å². The highest BCUT2D eigenvalue weighted by atomic mass is 35.5. The van der Waals surface area contributed by atoms with Gasteiger partial charge in [-0.05, 0) is 55.4 Å². The van der Waals surface area contributed by atoms with E-state index in [4.69, 9.17) is 28.2 Å². The van der Waals surface area contributed by atoms with Crippen molar-refractivity contribution in [2.75, 3.05) is 11.9 Å². The Kier molecular flexibility index (Phi) is 7.94. The molecule has 25 heavy (non-hydrogen) atoms. The lowest BCUT2D eigenvalue weighted by atomic mass is 9.89.